The van der Waals surface area contributed by atoms with Crippen LogP contribution in [0.25, 0.3) is 0 Å². The molecule has 1 aromatic rings. The monoisotopic (exact) mass is 412 g/mol. The number of carbonyl (C=O) groups is 1. The van der Waals surface area contributed by atoms with Crippen LogP contribution >= 0.6 is 34.2 Å². The van der Waals surface area contributed by atoms with E-state index < -0.39 is 5.56 Å². The molecule has 112 valence electrons. The number of alkyl halides is 1. The van der Waals surface area contributed by atoms with Gasteiger partial charge in [0.25, 0.3) is 0 Å². The molecule has 1 aliphatic rings. The maximum absolute atomic E-state index is 11.0. The van der Waals surface area contributed by atoms with Crippen molar-refractivity contribution in [3.05, 3.63) is 16.0 Å². The second kappa shape index (κ2) is 6.62. The highest BCUT2D eigenvalue weighted by atomic mass is 127. The first-order chi connectivity index (χ1) is 9.40. The fraction of sp³-hybridized carbons (Fsp3) is 0.692. The molecular formula is C13H18ClIN2O3. The van der Waals surface area contributed by atoms with E-state index in [1.165, 1.54) is 6.92 Å². The van der Waals surface area contributed by atoms with Crippen LogP contribution in [0.15, 0.2) is 12.4 Å². The van der Waals surface area contributed by atoms with Crippen molar-refractivity contribution >= 4 is 40.2 Å². The number of hydrogen-bond donors (Lipinski definition) is 0. The predicted octanol–water partition coefficient (Wildman–Crippen LogP) is 2.83. The number of rotatable bonds is 3. The quantitative estimate of drug-likeness (QED) is 0.435. The Bertz CT molecular complexity index is 482. The second-order valence-corrected chi connectivity index (χ2v) is 6.85. The number of halogens is 2. The van der Waals surface area contributed by atoms with E-state index >= 15 is 0 Å². The van der Waals surface area contributed by atoms with Crippen molar-refractivity contribution in [2.24, 2.45) is 11.8 Å². The first-order valence-electron chi connectivity index (χ1n) is 6.52. The summed E-state index contributed by atoms with van der Waals surface area (Å²) in [6.45, 7) is 5.74. The molecule has 1 fully saturated rings. The molecule has 0 spiro atoms. The van der Waals surface area contributed by atoms with Crippen LogP contribution in [0.3, 0.4) is 0 Å². The van der Waals surface area contributed by atoms with Gasteiger partial charge in [0.05, 0.1) is 21.9 Å². The molecule has 1 aliphatic heterocycles. The van der Waals surface area contributed by atoms with Crippen LogP contribution in [-0.2, 0) is 14.3 Å². The number of nitrogens with zero attached hydrogens (tertiary/aromatic N) is 2. The molecule has 0 saturated carbocycles. The Morgan fingerprint density at radius 2 is 2.25 bits per heavy atom. The predicted molar refractivity (Wildman–Crippen MR) is 83.5 cm³/mol. The van der Waals surface area contributed by atoms with E-state index in [0.717, 1.165) is 3.57 Å². The van der Waals surface area contributed by atoms with E-state index in [1.54, 1.807) is 0 Å². The number of carbonyl (C=O) groups excluding carboxylic acids is 1. The smallest absolute Gasteiger partial charge is 0.302 e. The van der Waals surface area contributed by atoms with Crippen molar-refractivity contribution in [1.29, 1.82) is 0 Å². The molecule has 0 radical (unpaired) electrons. The lowest BCUT2D eigenvalue weighted by atomic mass is 9.84. The molecular weight excluding hydrogens is 395 g/mol. The Labute approximate surface area is 137 Å². The fourth-order valence-corrected chi connectivity index (χ4v) is 3.31. The summed E-state index contributed by atoms with van der Waals surface area (Å²) in [6, 6.07) is 0.121. The van der Waals surface area contributed by atoms with Gasteiger partial charge in [0.2, 0.25) is 0 Å². The van der Waals surface area contributed by atoms with Gasteiger partial charge >= 0.3 is 5.97 Å². The van der Waals surface area contributed by atoms with Crippen LogP contribution in [-0.4, -0.2) is 34.0 Å². The molecule has 2 rings (SSSR count). The third kappa shape index (κ3) is 3.46. The minimum atomic E-state index is -0.418. The van der Waals surface area contributed by atoms with Gasteiger partial charge in [-0.15, -0.1) is 0 Å². The molecule has 1 aromatic heterocycles. The highest BCUT2D eigenvalue weighted by molar-refractivity contribution is 14.1. The molecule has 0 bridgehead atoms. The summed E-state index contributed by atoms with van der Waals surface area (Å²) < 4.78 is 13.9. The van der Waals surface area contributed by atoms with Crippen molar-refractivity contribution in [2.45, 2.75) is 38.5 Å². The molecule has 5 nitrogen and oxygen atoms in total. The van der Waals surface area contributed by atoms with Crippen molar-refractivity contribution < 1.29 is 14.3 Å². The number of esters is 1. The zero-order valence-electron chi connectivity index (χ0n) is 11.6. The van der Waals surface area contributed by atoms with Gasteiger partial charge in [0, 0.05) is 25.0 Å². The molecule has 7 heteroatoms. The first-order valence-corrected chi connectivity index (χ1v) is 8.04. The summed E-state index contributed by atoms with van der Waals surface area (Å²) in [5.74, 6) is -0.0401. The van der Waals surface area contributed by atoms with Gasteiger partial charge in [0.15, 0.2) is 0 Å². The minimum absolute atomic E-state index is 0.121. The fourth-order valence-electron chi connectivity index (χ4n) is 2.62. The average Bonchev–Trinajstić information content (AvgIpc) is 2.79. The van der Waals surface area contributed by atoms with Gasteiger partial charge in [-0.25, -0.2) is 0 Å². The van der Waals surface area contributed by atoms with E-state index in [1.807, 2.05) is 17.1 Å². The van der Waals surface area contributed by atoms with Crippen LogP contribution < -0.4 is 0 Å². The highest BCUT2D eigenvalue weighted by Gasteiger charge is 2.42. The lowest BCUT2D eigenvalue weighted by Gasteiger charge is -2.42. The molecule has 20 heavy (non-hydrogen) atoms. The SMILES string of the molecule is CC(=O)OCC1O[C@@H](Cl)C(C)[C@@H](n2cc(I)cn2)[C@H]1C. The summed E-state index contributed by atoms with van der Waals surface area (Å²) in [6.07, 6.45) is 3.60. The van der Waals surface area contributed by atoms with E-state index in [4.69, 9.17) is 21.1 Å². The van der Waals surface area contributed by atoms with Gasteiger partial charge < -0.3 is 9.47 Å². The van der Waals surface area contributed by atoms with Crippen molar-refractivity contribution in [1.82, 2.24) is 9.78 Å². The number of aromatic nitrogens is 2. The second-order valence-electron chi connectivity index (χ2n) is 5.18. The van der Waals surface area contributed by atoms with Crippen LogP contribution in [0.2, 0.25) is 0 Å². The zero-order chi connectivity index (χ0) is 14.9. The molecule has 1 saturated heterocycles. The van der Waals surface area contributed by atoms with Crippen LogP contribution in [0.4, 0.5) is 0 Å². The topological polar surface area (TPSA) is 53.4 Å². The van der Waals surface area contributed by atoms with Gasteiger partial charge in [-0.3, -0.25) is 9.48 Å². The normalized spacial score (nSPS) is 34.0. The summed E-state index contributed by atoms with van der Waals surface area (Å²) in [7, 11) is 0. The van der Waals surface area contributed by atoms with Crippen LogP contribution in [0, 0.1) is 15.4 Å². The van der Waals surface area contributed by atoms with Crippen LogP contribution in [0.1, 0.15) is 26.8 Å². The molecule has 2 heterocycles. The van der Waals surface area contributed by atoms with Crippen LogP contribution in [0.5, 0.6) is 0 Å². The van der Waals surface area contributed by atoms with Gasteiger partial charge in [-0.2, -0.15) is 5.10 Å². The van der Waals surface area contributed by atoms with Crippen molar-refractivity contribution in [2.75, 3.05) is 6.61 Å². The standard InChI is InChI=1S/C13H18ClIN2O3/c1-7-11(6-19-9(3)18)20-13(14)8(2)12(7)17-5-10(15)4-16-17/h4-5,7-8,11-13H,6H2,1-3H3/t7-,8?,11?,12-,13+/m0/s1. The lowest BCUT2D eigenvalue weighted by Crippen LogP contribution is -2.46. The van der Waals surface area contributed by atoms with E-state index in [9.17, 15) is 4.79 Å². The first kappa shape index (κ1) is 16.0. The summed E-state index contributed by atoms with van der Waals surface area (Å²) in [4.78, 5) is 11.0. The van der Waals surface area contributed by atoms with E-state index in [0.29, 0.717) is 0 Å². The number of ether oxygens (including phenoxy) is 2. The summed E-state index contributed by atoms with van der Waals surface area (Å²) in [5, 5.41) is 4.39. The molecule has 0 aromatic carbocycles. The van der Waals surface area contributed by atoms with Crippen molar-refractivity contribution in [3.63, 3.8) is 0 Å². The zero-order valence-corrected chi connectivity index (χ0v) is 14.5. The third-order valence-corrected chi connectivity index (χ3v) is 4.77. The maximum Gasteiger partial charge on any atom is 0.302 e. The molecule has 2 unspecified atom stereocenters. The van der Waals surface area contributed by atoms with E-state index in [-0.39, 0.29) is 36.6 Å². The molecule has 0 amide bonds. The van der Waals surface area contributed by atoms with Gasteiger partial charge in [0.1, 0.15) is 12.2 Å². The largest absolute Gasteiger partial charge is 0.463 e. The molecule has 0 aliphatic carbocycles. The van der Waals surface area contributed by atoms with Gasteiger partial charge in [-0.05, 0) is 22.6 Å². The Balaban J connectivity index is 2.17. The average molecular weight is 413 g/mol. The Kier molecular flexibility index (Phi) is 5.30. The summed E-state index contributed by atoms with van der Waals surface area (Å²) >= 11 is 8.52. The Morgan fingerprint density at radius 1 is 1.55 bits per heavy atom. The molecule has 0 N–H and O–H groups in total. The Morgan fingerprint density at radius 3 is 2.80 bits per heavy atom. The Hall–Kier alpha value is -0.340. The van der Waals surface area contributed by atoms with Gasteiger partial charge in [-0.1, -0.05) is 25.4 Å². The van der Waals surface area contributed by atoms with Crippen molar-refractivity contribution in [3.8, 4) is 0 Å². The minimum Gasteiger partial charge on any atom is -0.463 e. The number of hydrogen-bond acceptors (Lipinski definition) is 4. The molecule has 5 atom stereocenters. The lowest BCUT2D eigenvalue weighted by molar-refractivity contribution is -0.157. The maximum atomic E-state index is 11.0. The third-order valence-electron chi connectivity index (χ3n) is 3.71. The highest BCUT2D eigenvalue weighted by Crippen LogP contribution is 2.40. The van der Waals surface area contributed by atoms with E-state index in [2.05, 4.69) is 41.5 Å². The summed E-state index contributed by atoms with van der Waals surface area (Å²) in [5.41, 5.74) is -0.418.